The van der Waals surface area contributed by atoms with Crippen LogP contribution in [-0.4, -0.2) is 24.4 Å². The fourth-order valence-electron chi connectivity index (χ4n) is 4.61. The SMILES string of the molecule is C#Cc1ccc2c3ccccc3n(Cc3cc(OC[C@@H](C)CC)c(OC[C@@H](C)CC)c(OC[C@@H](C)CC)c3)c2c1. The Kier molecular flexibility index (Phi) is 10.0. The highest BCUT2D eigenvalue weighted by Crippen LogP contribution is 2.41. The van der Waals surface area contributed by atoms with E-state index in [4.69, 9.17) is 20.6 Å². The van der Waals surface area contributed by atoms with Crippen molar-refractivity contribution in [2.75, 3.05) is 19.8 Å². The highest BCUT2D eigenvalue weighted by atomic mass is 16.5. The van der Waals surface area contributed by atoms with Crippen molar-refractivity contribution in [3.05, 3.63) is 65.7 Å². The maximum Gasteiger partial charge on any atom is 0.203 e. The summed E-state index contributed by atoms with van der Waals surface area (Å²) in [7, 11) is 0. The average Bonchev–Trinajstić information content (AvgIpc) is 3.29. The minimum absolute atomic E-state index is 0.437. The van der Waals surface area contributed by atoms with E-state index in [-0.39, 0.29) is 0 Å². The Bertz CT molecular complexity index is 1430. The molecule has 4 heteroatoms. The zero-order chi connectivity index (χ0) is 28.6. The first-order valence-electron chi connectivity index (χ1n) is 14.9. The molecule has 0 saturated carbocycles. The van der Waals surface area contributed by atoms with Crippen LogP contribution in [0.3, 0.4) is 0 Å². The summed E-state index contributed by atoms with van der Waals surface area (Å²) in [6.45, 7) is 15.7. The Morgan fingerprint density at radius 2 is 1.25 bits per heavy atom. The van der Waals surface area contributed by atoms with Gasteiger partial charge in [0.25, 0.3) is 0 Å². The van der Waals surface area contributed by atoms with Crippen LogP contribution in [0.15, 0.2) is 54.6 Å². The second kappa shape index (κ2) is 13.7. The molecule has 4 aromatic rings. The number of para-hydroxylation sites is 1. The highest BCUT2D eigenvalue weighted by Gasteiger charge is 2.20. The molecule has 4 rings (SSSR count). The molecular formula is C36H45NO3. The van der Waals surface area contributed by atoms with Gasteiger partial charge in [0.15, 0.2) is 11.5 Å². The smallest absolute Gasteiger partial charge is 0.203 e. The second-order valence-corrected chi connectivity index (χ2v) is 11.4. The Morgan fingerprint density at radius 1 is 0.700 bits per heavy atom. The van der Waals surface area contributed by atoms with Crippen molar-refractivity contribution >= 4 is 21.8 Å². The molecule has 0 aliphatic heterocycles. The summed E-state index contributed by atoms with van der Waals surface area (Å²) >= 11 is 0. The number of aromatic nitrogens is 1. The van der Waals surface area contributed by atoms with Crippen LogP contribution in [0.2, 0.25) is 0 Å². The lowest BCUT2D eigenvalue weighted by atomic mass is 10.1. The van der Waals surface area contributed by atoms with Crippen LogP contribution < -0.4 is 14.2 Å². The molecule has 4 nitrogen and oxygen atoms in total. The topological polar surface area (TPSA) is 32.6 Å². The van der Waals surface area contributed by atoms with Gasteiger partial charge in [-0.3, -0.25) is 0 Å². The van der Waals surface area contributed by atoms with E-state index in [0.717, 1.165) is 47.4 Å². The summed E-state index contributed by atoms with van der Waals surface area (Å²) in [5.74, 6) is 6.35. The van der Waals surface area contributed by atoms with Gasteiger partial charge in [0.2, 0.25) is 5.75 Å². The number of hydrogen-bond donors (Lipinski definition) is 0. The largest absolute Gasteiger partial charge is 0.489 e. The normalized spacial score (nSPS) is 13.6. The Hall–Kier alpha value is -3.58. The van der Waals surface area contributed by atoms with Gasteiger partial charge in [0, 0.05) is 28.4 Å². The predicted octanol–water partition coefficient (Wildman–Crippen LogP) is 9.10. The van der Waals surface area contributed by atoms with Crippen LogP contribution in [0.5, 0.6) is 17.2 Å². The van der Waals surface area contributed by atoms with Gasteiger partial charge in [0.1, 0.15) is 0 Å². The summed E-state index contributed by atoms with van der Waals surface area (Å²) in [4.78, 5) is 0. The zero-order valence-electron chi connectivity index (χ0n) is 25.1. The van der Waals surface area contributed by atoms with Gasteiger partial charge in [-0.05, 0) is 53.6 Å². The standard InChI is InChI=1S/C36H45NO3/c1-8-25(5)22-38-34-19-29(20-35(39-23-26(6)9-2)36(34)40-24-27(7)10-3)21-37-32-15-13-12-14-30(32)31-17-16-28(11-4)18-33(31)37/h4,12-20,25-27H,8-10,21-24H2,1-3,5-7H3/t25-,26-,27-/m0/s1. The second-order valence-electron chi connectivity index (χ2n) is 11.4. The van der Waals surface area contributed by atoms with Gasteiger partial charge in [-0.15, -0.1) is 6.42 Å². The number of terminal acetylenes is 1. The Morgan fingerprint density at radius 3 is 1.82 bits per heavy atom. The minimum Gasteiger partial charge on any atom is -0.489 e. The molecule has 1 heterocycles. The number of ether oxygens (including phenoxy) is 3. The first-order valence-corrected chi connectivity index (χ1v) is 14.9. The third kappa shape index (κ3) is 6.76. The molecule has 0 bridgehead atoms. The number of hydrogen-bond acceptors (Lipinski definition) is 3. The molecule has 0 radical (unpaired) electrons. The predicted molar refractivity (Wildman–Crippen MR) is 168 cm³/mol. The number of rotatable bonds is 14. The van der Waals surface area contributed by atoms with Crippen LogP contribution in [0.25, 0.3) is 21.8 Å². The lowest BCUT2D eigenvalue weighted by molar-refractivity contribution is 0.196. The first kappa shape index (κ1) is 29.4. The summed E-state index contributed by atoms with van der Waals surface area (Å²) in [6, 6.07) is 19.1. The lowest BCUT2D eigenvalue weighted by Gasteiger charge is -2.22. The van der Waals surface area contributed by atoms with Gasteiger partial charge in [-0.25, -0.2) is 0 Å². The van der Waals surface area contributed by atoms with Gasteiger partial charge in [-0.2, -0.15) is 0 Å². The zero-order valence-corrected chi connectivity index (χ0v) is 25.1. The Labute approximate surface area is 240 Å². The molecular weight excluding hydrogens is 494 g/mol. The van der Waals surface area contributed by atoms with Crippen molar-refractivity contribution in [2.24, 2.45) is 17.8 Å². The summed E-state index contributed by atoms with van der Waals surface area (Å²) < 4.78 is 21.7. The van der Waals surface area contributed by atoms with Crippen LogP contribution >= 0.6 is 0 Å². The lowest BCUT2D eigenvalue weighted by Crippen LogP contribution is -2.14. The Balaban J connectivity index is 1.83. The minimum atomic E-state index is 0.437. The maximum absolute atomic E-state index is 6.46. The molecule has 0 fully saturated rings. The van der Waals surface area contributed by atoms with Crippen molar-refractivity contribution in [2.45, 2.75) is 67.3 Å². The van der Waals surface area contributed by atoms with Crippen molar-refractivity contribution in [1.82, 2.24) is 4.57 Å². The van der Waals surface area contributed by atoms with E-state index in [1.807, 2.05) is 6.07 Å². The highest BCUT2D eigenvalue weighted by molar-refractivity contribution is 6.08. The molecule has 0 amide bonds. The molecule has 0 saturated heterocycles. The molecule has 0 spiro atoms. The van der Waals surface area contributed by atoms with Crippen molar-refractivity contribution < 1.29 is 14.2 Å². The average molecular weight is 540 g/mol. The summed E-state index contributed by atoms with van der Waals surface area (Å²) in [5, 5.41) is 2.42. The van der Waals surface area contributed by atoms with E-state index < -0.39 is 0 Å². The van der Waals surface area contributed by atoms with E-state index >= 15 is 0 Å². The van der Waals surface area contributed by atoms with Crippen molar-refractivity contribution in [1.29, 1.82) is 0 Å². The van der Waals surface area contributed by atoms with Gasteiger partial charge < -0.3 is 18.8 Å². The monoisotopic (exact) mass is 539 g/mol. The van der Waals surface area contributed by atoms with Crippen LogP contribution in [0, 0.1) is 30.1 Å². The summed E-state index contributed by atoms with van der Waals surface area (Å²) in [6.07, 6.45) is 8.95. The number of nitrogens with zero attached hydrogens (tertiary/aromatic N) is 1. The van der Waals surface area contributed by atoms with E-state index in [1.165, 1.54) is 16.3 Å². The number of fused-ring (bicyclic) bond motifs is 3. The van der Waals surface area contributed by atoms with Crippen LogP contribution in [-0.2, 0) is 6.54 Å². The fraction of sp³-hybridized carbons (Fsp3) is 0.444. The third-order valence-corrected chi connectivity index (χ3v) is 8.01. The third-order valence-electron chi connectivity index (χ3n) is 8.01. The molecule has 0 aliphatic rings. The van der Waals surface area contributed by atoms with Gasteiger partial charge >= 0.3 is 0 Å². The molecule has 3 atom stereocenters. The number of benzene rings is 3. The van der Waals surface area contributed by atoms with E-state index in [2.05, 4.69) is 101 Å². The van der Waals surface area contributed by atoms with E-state index in [0.29, 0.717) is 49.9 Å². The molecule has 40 heavy (non-hydrogen) atoms. The molecule has 212 valence electrons. The molecule has 0 unspecified atom stereocenters. The summed E-state index contributed by atoms with van der Waals surface area (Å²) in [5.41, 5.74) is 4.27. The fourth-order valence-corrected chi connectivity index (χ4v) is 4.61. The molecule has 1 aromatic heterocycles. The van der Waals surface area contributed by atoms with Crippen molar-refractivity contribution in [3.63, 3.8) is 0 Å². The van der Waals surface area contributed by atoms with Gasteiger partial charge in [-0.1, -0.05) is 91.0 Å². The van der Waals surface area contributed by atoms with Crippen LogP contribution in [0.1, 0.15) is 71.9 Å². The molecule has 3 aromatic carbocycles. The maximum atomic E-state index is 6.46. The van der Waals surface area contributed by atoms with Crippen LogP contribution in [0.4, 0.5) is 0 Å². The quantitative estimate of drug-likeness (QED) is 0.150. The van der Waals surface area contributed by atoms with E-state index in [1.54, 1.807) is 0 Å². The van der Waals surface area contributed by atoms with Gasteiger partial charge in [0.05, 0.1) is 25.3 Å². The first-order chi connectivity index (χ1) is 19.4. The molecule has 0 aliphatic carbocycles. The van der Waals surface area contributed by atoms with Crippen molar-refractivity contribution in [3.8, 4) is 29.6 Å². The van der Waals surface area contributed by atoms with E-state index in [9.17, 15) is 0 Å². The molecule has 0 N–H and O–H groups in total.